The van der Waals surface area contributed by atoms with Gasteiger partial charge < -0.3 is 10.1 Å². The number of thiazole rings is 1. The van der Waals surface area contributed by atoms with E-state index in [2.05, 4.69) is 15.7 Å². The molecule has 1 saturated heterocycles. The van der Waals surface area contributed by atoms with E-state index in [1.54, 1.807) is 7.11 Å². The van der Waals surface area contributed by atoms with Crippen LogP contribution >= 0.6 is 23.1 Å². The van der Waals surface area contributed by atoms with E-state index >= 15 is 0 Å². The summed E-state index contributed by atoms with van der Waals surface area (Å²) in [5.74, 6) is 1.30. The van der Waals surface area contributed by atoms with Crippen molar-refractivity contribution < 1.29 is 4.74 Å². The summed E-state index contributed by atoms with van der Waals surface area (Å²) in [5, 5.41) is 7.47. The lowest BCUT2D eigenvalue weighted by Crippen LogP contribution is -2.18. The summed E-state index contributed by atoms with van der Waals surface area (Å²) < 4.78 is 4.98. The van der Waals surface area contributed by atoms with E-state index in [0.29, 0.717) is 5.25 Å². The van der Waals surface area contributed by atoms with E-state index in [1.807, 2.05) is 23.1 Å². The molecule has 1 fully saturated rings. The molecule has 90 valence electrons. The van der Waals surface area contributed by atoms with Gasteiger partial charge in [0.05, 0.1) is 17.6 Å². The molecule has 0 radical (unpaired) electrons. The molecule has 1 aromatic rings. The van der Waals surface area contributed by atoms with Crippen molar-refractivity contribution in [2.75, 3.05) is 26.0 Å². The Morgan fingerprint density at radius 1 is 1.62 bits per heavy atom. The normalized spacial score (nSPS) is 20.4. The van der Waals surface area contributed by atoms with Gasteiger partial charge in [0, 0.05) is 25.6 Å². The van der Waals surface area contributed by atoms with Crippen LogP contribution in [0, 0.1) is 0 Å². The van der Waals surface area contributed by atoms with Gasteiger partial charge >= 0.3 is 0 Å². The Labute approximate surface area is 105 Å². The lowest BCUT2D eigenvalue weighted by atomic mass is 10.3. The number of thioether (sulfide) groups is 1. The molecule has 1 aliphatic rings. The van der Waals surface area contributed by atoms with Crippen LogP contribution in [-0.2, 0) is 11.3 Å². The fraction of sp³-hybridized carbons (Fsp3) is 0.727. The first-order valence-electron chi connectivity index (χ1n) is 5.65. The van der Waals surface area contributed by atoms with Crippen LogP contribution in [0.4, 0.5) is 0 Å². The van der Waals surface area contributed by atoms with Crippen molar-refractivity contribution in [2.45, 2.75) is 24.6 Å². The number of ether oxygens (including phenoxy) is 1. The van der Waals surface area contributed by atoms with E-state index in [-0.39, 0.29) is 0 Å². The molecule has 2 heterocycles. The molecule has 0 amide bonds. The van der Waals surface area contributed by atoms with Crippen LogP contribution in [0.15, 0.2) is 5.38 Å². The number of aromatic nitrogens is 1. The van der Waals surface area contributed by atoms with Crippen molar-refractivity contribution in [1.29, 1.82) is 0 Å². The predicted molar refractivity (Wildman–Crippen MR) is 70.1 cm³/mol. The number of hydrogen-bond donors (Lipinski definition) is 1. The number of nitrogens with one attached hydrogen (secondary N) is 1. The maximum atomic E-state index is 4.98. The Kier molecular flexibility index (Phi) is 5.09. The van der Waals surface area contributed by atoms with Gasteiger partial charge in [0.15, 0.2) is 0 Å². The molecule has 1 unspecified atom stereocenters. The molecule has 0 spiro atoms. The van der Waals surface area contributed by atoms with E-state index < -0.39 is 0 Å². The van der Waals surface area contributed by atoms with Crippen molar-refractivity contribution in [2.24, 2.45) is 0 Å². The molecule has 1 aliphatic heterocycles. The average molecular weight is 258 g/mol. The van der Waals surface area contributed by atoms with Crippen molar-refractivity contribution in [3.05, 3.63) is 16.1 Å². The molecular weight excluding hydrogens is 240 g/mol. The summed E-state index contributed by atoms with van der Waals surface area (Å²) >= 11 is 3.86. The molecule has 1 atom stereocenters. The highest BCUT2D eigenvalue weighted by molar-refractivity contribution is 7.99. The van der Waals surface area contributed by atoms with Gasteiger partial charge in [0.2, 0.25) is 0 Å². The van der Waals surface area contributed by atoms with Crippen molar-refractivity contribution in [3.63, 3.8) is 0 Å². The highest BCUT2D eigenvalue weighted by Crippen LogP contribution is 2.40. The van der Waals surface area contributed by atoms with Crippen molar-refractivity contribution in [3.8, 4) is 0 Å². The standard InChI is InChI=1S/C11H18N2OS2/c1-14-5-4-12-7-9-8-16-11(13-9)10-3-2-6-15-10/h8,10,12H,2-7H2,1H3. The minimum absolute atomic E-state index is 0.665. The number of hydrogen-bond acceptors (Lipinski definition) is 5. The number of nitrogens with zero attached hydrogens (tertiary/aromatic N) is 1. The van der Waals surface area contributed by atoms with Crippen molar-refractivity contribution in [1.82, 2.24) is 10.3 Å². The summed E-state index contributed by atoms with van der Waals surface area (Å²) in [6.07, 6.45) is 2.64. The van der Waals surface area contributed by atoms with Crippen LogP contribution in [0.5, 0.6) is 0 Å². The Bertz CT molecular complexity index is 311. The Morgan fingerprint density at radius 2 is 2.56 bits per heavy atom. The quantitative estimate of drug-likeness (QED) is 0.795. The van der Waals surface area contributed by atoms with Crippen LogP contribution in [0.25, 0.3) is 0 Å². The van der Waals surface area contributed by atoms with E-state index in [1.165, 1.54) is 29.3 Å². The second-order valence-corrected chi connectivity index (χ2v) is 6.05. The van der Waals surface area contributed by atoms with Gasteiger partial charge in [-0.05, 0) is 18.6 Å². The minimum atomic E-state index is 0.665. The largest absolute Gasteiger partial charge is 0.383 e. The summed E-state index contributed by atoms with van der Waals surface area (Å²) in [7, 11) is 1.72. The molecule has 0 saturated carbocycles. The van der Waals surface area contributed by atoms with Crippen LogP contribution in [-0.4, -0.2) is 31.0 Å². The van der Waals surface area contributed by atoms with E-state index in [0.717, 1.165) is 19.7 Å². The first-order chi connectivity index (χ1) is 7.90. The van der Waals surface area contributed by atoms with Crippen LogP contribution in [0.3, 0.4) is 0 Å². The summed E-state index contributed by atoms with van der Waals surface area (Å²) in [4.78, 5) is 4.68. The Morgan fingerprint density at radius 3 is 3.31 bits per heavy atom. The van der Waals surface area contributed by atoms with Crippen LogP contribution in [0.1, 0.15) is 28.8 Å². The lowest BCUT2D eigenvalue weighted by Gasteiger charge is -2.03. The van der Waals surface area contributed by atoms with Crippen molar-refractivity contribution >= 4 is 23.1 Å². The second kappa shape index (κ2) is 6.59. The molecule has 16 heavy (non-hydrogen) atoms. The molecule has 1 N–H and O–H groups in total. The molecule has 0 aliphatic carbocycles. The zero-order valence-electron chi connectivity index (χ0n) is 9.57. The van der Waals surface area contributed by atoms with E-state index in [4.69, 9.17) is 4.74 Å². The Balaban J connectivity index is 1.77. The summed E-state index contributed by atoms with van der Waals surface area (Å²) in [6.45, 7) is 2.51. The second-order valence-electron chi connectivity index (χ2n) is 3.85. The zero-order chi connectivity index (χ0) is 11.2. The molecular formula is C11H18N2OS2. The summed E-state index contributed by atoms with van der Waals surface area (Å²) in [6, 6.07) is 0. The third-order valence-electron chi connectivity index (χ3n) is 2.56. The van der Waals surface area contributed by atoms with Gasteiger partial charge in [-0.25, -0.2) is 4.98 Å². The third-order valence-corrected chi connectivity index (χ3v) is 5.11. The lowest BCUT2D eigenvalue weighted by molar-refractivity contribution is 0.199. The first-order valence-corrected chi connectivity index (χ1v) is 7.58. The van der Waals surface area contributed by atoms with Gasteiger partial charge in [0.1, 0.15) is 5.01 Å². The minimum Gasteiger partial charge on any atom is -0.383 e. The van der Waals surface area contributed by atoms with Gasteiger partial charge in [0.25, 0.3) is 0 Å². The maximum Gasteiger partial charge on any atom is 0.106 e. The Hall–Kier alpha value is -0.100. The fourth-order valence-corrected chi connectivity index (χ4v) is 4.06. The number of rotatable bonds is 6. The summed E-state index contributed by atoms with van der Waals surface area (Å²) in [5.41, 5.74) is 1.17. The number of methoxy groups -OCH3 is 1. The van der Waals surface area contributed by atoms with Gasteiger partial charge in [-0.2, -0.15) is 11.8 Å². The highest BCUT2D eigenvalue weighted by Gasteiger charge is 2.20. The van der Waals surface area contributed by atoms with Gasteiger partial charge in [-0.1, -0.05) is 0 Å². The third kappa shape index (κ3) is 3.45. The monoisotopic (exact) mass is 258 g/mol. The average Bonchev–Trinajstić information content (AvgIpc) is 2.94. The van der Waals surface area contributed by atoms with Crippen LogP contribution in [0.2, 0.25) is 0 Å². The SMILES string of the molecule is COCCNCc1csc(C2CCCS2)n1. The molecule has 2 rings (SSSR count). The topological polar surface area (TPSA) is 34.1 Å². The van der Waals surface area contributed by atoms with Gasteiger partial charge in [-0.3, -0.25) is 0 Å². The molecule has 5 heteroatoms. The fourth-order valence-electron chi connectivity index (χ4n) is 1.71. The van der Waals surface area contributed by atoms with Crippen LogP contribution < -0.4 is 5.32 Å². The maximum absolute atomic E-state index is 4.98. The first kappa shape index (κ1) is 12.4. The highest BCUT2D eigenvalue weighted by atomic mass is 32.2. The smallest absolute Gasteiger partial charge is 0.106 e. The zero-order valence-corrected chi connectivity index (χ0v) is 11.2. The van der Waals surface area contributed by atoms with E-state index in [9.17, 15) is 0 Å². The van der Waals surface area contributed by atoms with Gasteiger partial charge in [-0.15, -0.1) is 11.3 Å². The molecule has 3 nitrogen and oxygen atoms in total. The predicted octanol–water partition coefficient (Wildman–Crippen LogP) is 2.45. The molecule has 0 bridgehead atoms. The molecule has 1 aromatic heterocycles. The molecule has 0 aromatic carbocycles.